The van der Waals surface area contributed by atoms with Crippen molar-refractivity contribution < 1.29 is 23.0 Å². The van der Waals surface area contributed by atoms with E-state index in [4.69, 9.17) is 4.74 Å². The Kier molecular flexibility index (Phi) is 4.82. The van der Waals surface area contributed by atoms with E-state index < -0.39 is 17.8 Å². The lowest BCUT2D eigenvalue weighted by Gasteiger charge is -2.32. The van der Waals surface area contributed by atoms with Gasteiger partial charge in [0.2, 0.25) is 0 Å². The number of halogens is 3. The van der Waals surface area contributed by atoms with Gasteiger partial charge in [0.15, 0.2) is 0 Å². The number of ether oxygens (including phenoxy) is 1. The summed E-state index contributed by atoms with van der Waals surface area (Å²) in [5, 5.41) is 19.0. The van der Waals surface area contributed by atoms with E-state index >= 15 is 0 Å². The minimum Gasteiger partial charge on any atom is -0.496 e. The Morgan fingerprint density at radius 1 is 1.17 bits per heavy atom. The number of rotatable bonds is 3. The number of methoxy groups -OCH3 is 1. The summed E-state index contributed by atoms with van der Waals surface area (Å²) in [5.74, 6) is 0.484. The number of fused-ring (bicyclic) bond motifs is 2. The van der Waals surface area contributed by atoms with Gasteiger partial charge in [-0.25, -0.2) is 0 Å². The Balaban J connectivity index is 1.91. The molecule has 0 spiro atoms. The molecule has 3 aromatic rings. The third-order valence-electron chi connectivity index (χ3n) is 5.24. The van der Waals surface area contributed by atoms with Gasteiger partial charge < -0.3 is 14.7 Å². The third-order valence-corrected chi connectivity index (χ3v) is 5.24. The summed E-state index contributed by atoms with van der Waals surface area (Å²) in [4.78, 5) is 1.85. The smallest absolute Gasteiger partial charge is 0.416 e. The Morgan fingerprint density at radius 3 is 2.66 bits per heavy atom. The molecule has 8 heteroatoms. The van der Waals surface area contributed by atoms with Crippen LogP contribution in [-0.4, -0.2) is 29.0 Å². The maximum atomic E-state index is 13.3. The first kappa shape index (κ1) is 19.4. The summed E-state index contributed by atoms with van der Waals surface area (Å²) in [6.45, 7) is 2.19. The molecule has 1 atom stereocenters. The van der Waals surface area contributed by atoms with Crippen molar-refractivity contribution in [3.8, 4) is 5.75 Å². The van der Waals surface area contributed by atoms with E-state index in [1.165, 1.54) is 13.2 Å². The maximum absolute atomic E-state index is 13.3. The second kappa shape index (κ2) is 7.18. The molecular weight excluding hydrogens is 383 g/mol. The van der Waals surface area contributed by atoms with Crippen LogP contribution < -0.4 is 9.64 Å². The van der Waals surface area contributed by atoms with Crippen LogP contribution in [0.25, 0.3) is 10.9 Å². The fraction of sp³-hybridized carbons (Fsp3) is 0.333. The molecule has 0 amide bonds. The number of anilines is 2. The molecule has 0 radical (unpaired) electrons. The van der Waals surface area contributed by atoms with Crippen LogP contribution in [0.3, 0.4) is 0 Å². The van der Waals surface area contributed by atoms with Crippen LogP contribution in [0.1, 0.15) is 36.1 Å². The van der Waals surface area contributed by atoms with Crippen molar-refractivity contribution in [2.45, 2.75) is 32.0 Å². The van der Waals surface area contributed by atoms with Gasteiger partial charge >= 0.3 is 6.18 Å². The normalized spacial score (nSPS) is 15.3. The SMILES string of the molecule is COc1cc2nncc(N3CCCc4ccc(C(F)(F)F)cc43)c2cc1C(C)O. The monoisotopic (exact) mass is 403 g/mol. The molecule has 1 aliphatic heterocycles. The Morgan fingerprint density at radius 2 is 1.97 bits per heavy atom. The summed E-state index contributed by atoms with van der Waals surface area (Å²) < 4.78 is 45.2. The molecule has 4 rings (SSSR count). The fourth-order valence-electron chi connectivity index (χ4n) is 3.81. The van der Waals surface area contributed by atoms with E-state index in [1.54, 1.807) is 31.3 Å². The third kappa shape index (κ3) is 3.48. The Labute approximate surface area is 165 Å². The van der Waals surface area contributed by atoms with Gasteiger partial charge in [-0.1, -0.05) is 6.07 Å². The molecular formula is C21H20F3N3O2. The van der Waals surface area contributed by atoms with Crippen LogP contribution in [-0.2, 0) is 12.6 Å². The minimum absolute atomic E-state index is 0.484. The van der Waals surface area contributed by atoms with Gasteiger partial charge in [-0.3, -0.25) is 0 Å². The van der Waals surface area contributed by atoms with E-state index in [-0.39, 0.29) is 0 Å². The number of hydrogen-bond donors (Lipinski definition) is 1. The molecule has 0 fully saturated rings. The highest BCUT2D eigenvalue weighted by molar-refractivity contribution is 5.95. The van der Waals surface area contributed by atoms with Gasteiger partial charge in [-0.15, -0.1) is 0 Å². The number of hydrogen-bond acceptors (Lipinski definition) is 5. The summed E-state index contributed by atoms with van der Waals surface area (Å²) in [5.41, 5.74) is 2.48. The fourth-order valence-corrected chi connectivity index (χ4v) is 3.81. The first-order chi connectivity index (χ1) is 13.8. The van der Waals surface area contributed by atoms with E-state index in [0.717, 1.165) is 18.1 Å². The predicted molar refractivity (Wildman–Crippen MR) is 103 cm³/mol. The van der Waals surface area contributed by atoms with Crippen molar-refractivity contribution in [3.05, 3.63) is 53.2 Å². The molecule has 0 saturated carbocycles. The van der Waals surface area contributed by atoms with Crippen LogP contribution in [0.4, 0.5) is 24.5 Å². The number of aromatic nitrogens is 2. The number of aliphatic hydroxyl groups is 1. The summed E-state index contributed by atoms with van der Waals surface area (Å²) in [6, 6.07) is 7.32. The van der Waals surface area contributed by atoms with Crippen molar-refractivity contribution in [2.75, 3.05) is 18.6 Å². The molecule has 0 aliphatic carbocycles. The highest BCUT2D eigenvalue weighted by Gasteiger charge is 2.32. The number of aryl methyl sites for hydroxylation is 1. The lowest BCUT2D eigenvalue weighted by Crippen LogP contribution is -2.25. The maximum Gasteiger partial charge on any atom is 0.416 e. The lowest BCUT2D eigenvalue weighted by molar-refractivity contribution is -0.137. The minimum atomic E-state index is -4.41. The topological polar surface area (TPSA) is 58.5 Å². The van der Waals surface area contributed by atoms with Gasteiger partial charge in [0, 0.05) is 29.2 Å². The molecule has 0 saturated heterocycles. The lowest BCUT2D eigenvalue weighted by atomic mass is 9.97. The molecule has 2 heterocycles. The van der Waals surface area contributed by atoms with E-state index in [1.807, 2.05) is 4.90 Å². The Bertz CT molecular complexity index is 1070. The number of benzene rings is 2. The van der Waals surface area contributed by atoms with Crippen molar-refractivity contribution in [1.29, 1.82) is 0 Å². The van der Waals surface area contributed by atoms with Crippen LogP contribution in [0.2, 0.25) is 0 Å². The molecule has 5 nitrogen and oxygen atoms in total. The highest BCUT2D eigenvalue weighted by Crippen LogP contribution is 2.41. The van der Waals surface area contributed by atoms with E-state index in [2.05, 4.69) is 10.2 Å². The predicted octanol–water partition coefficient (Wildman–Crippen LogP) is 4.79. The molecule has 152 valence electrons. The van der Waals surface area contributed by atoms with Gasteiger partial charge in [0.1, 0.15) is 5.75 Å². The van der Waals surface area contributed by atoms with Gasteiger partial charge in [-0.05, 0) is 43.5 Å². The zero-order chi connectivity index (χ0) is 20.8. The number of alkyl halides is 3. The Hall–Kier alpha value is -2.87. The molecule has 1 unspecified atom stereocenters. The first-order valence-electron chi connectivity index (χ1n) is 9.28. The molecule has 1 N–H and O–H groups in total. The average molecular weight is 403 g/mol. The van der Waals surface area contributed by atoms with Crippen LogP contribution in [0, 0.1) is 0 Å². The largest absolute Gasteiger partial charge is 0.496 e. The molecule has 1 aliphatic rings. The van der Waals surface area contributed by atoms with E-state index in [9.17, 15) is 18.3 Å². The van der Waals surface area contributed by atoms with Gasteiger partial charge in [0.05, 0.1) is 36.2 Å². The number of nitrogens with zero attached hydrogens (tertiary/aromatic N) is 3. The summed E-state index contributed by atoms with van der Waals surface area (Å²) >= 11 is 0. The zero-order valence-electron chi connectivity index (χ0n) is 16.0. The average Bonchev–Trinajstić information content (AvgIpc) is 2.70. The summed E-state index contributed by atoms with van der Waals surface area (Å²) in [6.07, 6.45) is -2.12. The molecule has 29 heavy (non-hydrogen) atoms. The second-order valence-electron chi connectivity index (χ2n) is 7.11. The van der Waals surface area contributed by atoms with Gasteiger partial charge in [0.25, 0.3) is 0 Å². The molecule has 1 aromatic heterocycles. The van der Waals surface area contributed by atoms with Crippen molar-refractivity contribution >= 4 is 22.3 Å². The number of aliphatic hydroxyl groups excluding tert-OH is 1. The van der Waals surface area contributed by atoms with Gasteiger partial charge in [-0.2, -0.15) is 23.4 Å². The quantitative estimate of drug-likeness (QED) is 0.681. The van der Waals surface area contributed by atoms with Crippen LogP contribution in [0.5, 0.6) is 5.75 Å². The molecule has 0 bridgehead atoms. The summed E-state index contributed by atoms with van der Waals surface area (Å²) in [7, 11) is 1.50. The highest BCUT2D eigenvalue weighted by atomic mass is 19.4. The van der Waals surface area contributed by atoms with E-state index in [0.29, 0.717) is 46.6 Å². The van der Waals surface area contributed by atoms with Crippen molar-refractivity contribution in [1.82, 2.24) is 10.2 Å². The molecule has 2 aromatic carbocycles. The van der Waals surface area contributed by atoms with Crippen LogP contribution >= 0.6 is 0 Å². The van der Waals surface area contributed by atoms with Crippen molar-refractivity contribution in [3.63, 3.8) is 0 Å². The van der Waals surface area contributed by atoms with Crippen LogP contribution in [0.15, 0.2) is 36.5 Å². The standard InChI is InChI=1S/C21H20F3N3O2/c1-12(28)15-9-16-17(10-20(15)29-2)26-25-11-19(16)27-7-3-4-13-5-6-14(8-18(13)27)21(22,23)24/h5-6,8-12,28H,3-4,7H2,1-2H3. The first-order valence-corrected chi connectivity index (χ1v) is 9.28. The second-order valence-corrected chi connectivity index (χ2v) is 7.11. The zero-order valence-corrected chi connectivity index (χ0v) is 16.0. The van der Waals surface area contributed by atoms with Crippen molar-refractivity contribution in [2.24, 2.45) is 0 Å².